The number of nitro groups is 1. The van der Waals surface area contributed by atoms with E-state index in [9.17, 15) is 14.9 Å². The van der Waals surface area contributed by atoms with Gasteiger partial charge in [-0.2, -0.15) is 0 Å². The van der Waals surface area contributed by atoms with E-state index in [1.165, 1.54) is 38.1 Å². The van der Waals surface area contributed by atoms with E-state index in [2.05, 4.69) is 0 Å². The van der Waals surface area contributed by atoms with Crippen molar-refractivity contribution in [1.82, 2.24) is 0 Å². The maximum absolute atomic E-state index is 11.0. The minimum Gasteiger partial charge on any atom is -0.478 e. The van der Waals surface area contributed by atoms with E-state index in [4.69, 9.17) is 16.3 Å². The fraction of sp³-hybridized carbons (Fsp3) is 0.300. The van der Waals surface area contributed by atoms with Crippen molar-refractivity contribution < 1.29 is 14.5 Å². The molecule has 0 spiro atoms. The monoisotopic (exact) mass is 243 g/mol. The molecule has 0 aliphatic rings. The van der Waals surface area contributed by atoms with Crippen molar-refractivity contribution in [1.29, 1.82) is 0 Å². The van der Waals surface area contributed by atoms with Gasteiger partial charge in [0, 0.05) is 6.07 Å². The molecule has 5 nitrogen and oxygen atoms in total. The summed E-state index contributed by atoms with van der Waals surface area (Å²) in [5.41, 5.74) is -1.31. The van der Waals surface area contributed by atoms with Gasteiger partial charge in [0.15, 0.2) is 5.60 Å². The summed E-state index contributed by atoms with van der Waals surface area (Å²) in [7, 11) is 0. The van der Waals surface area contributed by atoms with E-state index in [0.29, 0.717) is 0 Å². The molecule has 0 aromatic heterocycles. The number of ether oxygens (including phenoxy) is 1. The molecule has 0 bridgehead atoms. The Hall–Kier alpha value is -1.62. The van der Waals surface area contributed by atoms with Gasteiger partial charge in [-0.3, -0.25) is 14.9 Å². The lowest BCUT2D eigenvalue weighted by Crippen LogP contribution is -2.34. The van der Waals surface area contributed by atoms with E-state index < -0.39 is 15.8 Å². The average Bonchev–Trinajstić information content (AvgIpc) is 2.17. The third-order valence-corrected chi connectivity index (χ3v) is 2.33. The third kappa shape index (κ3) is 2.93. The van der Waals surface area contributed by atoms with Gasteiger partial charge in [0.05, 0.1) is 11.0 Å². The summed E-state index contributed by atoms with van der Waals surface area (Å²) in [5, 5.41) is 9.84. The van der Waals surface area contributed by atoms with Crippen LogP contribution in [0.4, 0.5) is 5.69 Å². The smallest absolute Gasteiger partial charge is 0.273 e. The fourth-order valence-corrected chi connectivity index (χ4v) is 1.03. The van der Waals surface area contributed by atoms with Gasteiger partial charge < -0.3 is 4.74 Å². The maximum atomic E-state index is 11.0. The molecule has 0 fully saturated rings. The molecule has 0 aliphatic heterocycles. The van der Waals surface area contributed by atoms with Gasteiger partial charge in [0.2, 0.25) is 0 Å². The first-order valence-electron chi connectivity index (χ1n) is 4.46. The highest BCUT2D eigenvalue weighted by Crippen LogP contribution is 2.24. The lowest BCUT2D eigenvalue weighted by Gasteiger charge is -2.21. The van der Waals surface area contributed by atoms with Crippen molar-refractivity contribution in [2.24, 2.45) is 0 Å². The van der Waals surface area contributed by atoms with Crippen molar-refractivity contribution in [2.45, 2.75) is 19.4 Å². The van der Waals surface area contributed by atoms with Crippen molar-refractivity contribution in [2.75, 3.05) is 0 Å². The largest absolute Gasteiger partial charge is 0.478 e. The Morgan fingerprint density at radius 2 is 2.12 bits per heavy atom. The second-order valence-corrected chi connectivity index (χ2v) is 3.98. The number of carbonyl (C=O) groups excluding carboxylic acids is 1. The minimum atomic E-state index is -1.21. The number of non-ortho nitro benzene ring substituents is 1. The predicted molar refractivity (Wildman–Crippen MR) is 58.7 cm³/mol. The zero-order valence-corrected chi connectivity index (χ0v) is 9.52. The van der Waals surface area contributed by atoms with Gasteiger partial charge >= 0.3 is 0 Å². The van der Waals surface area contributed by atoms with E-state index in [1.807, 2.05) is 0 Å². The van der Waals surface area contributed by atoms with Crippen LogP contribution in [0.5, 0.6) is 5.75 Å². The van der Waals surface area contributed by atoms with Gasteiger partial charge in [-0.1, -0.05) is 6.07 Å². The van der Waals surface area contributed by atoms with Gasteiger partial charge in [-0.05, 0) is 31.5 Å². The Labute approximate surface area is 97.1 Å². The molecule has 16 heavy (non-hydrogen) atoms. The number of hydrogen-bond acceptors (Lipinski definition) is 4. The molecule has 0 amide bonds. The Morgan fingerprint density at radius 1 is 1.50 bits per heavy atom. The van der Waals surface area contributed by atoms with Crippen LogP contribution in [0.3, 0.4) is 0 Å². The molecule has 0 aliphatic carbocycles. The highest BCUT2D eigenvalue weighted by atomic mass is 35.5. The number of benzene rings is 1. The first-order chi connectivity index (χ1) is 7.33. The molecule has 1 rings (SSSR count). The predicted octanol–water partition coefficient (Wildman–Crippen LogP) is 2.52. The molecule has 0 N–H and O–H groups in total. The molecule has 0 unspecified atom stereocenters. The summed E-state index contributed by atoms with van der Waals surface area (Å²) in [4.78, 5) is 21.0. The van der Waals surface area contributed by atoms with Crippen LogP contribution in [-0.2, 0) is 4.79 Å². The highest BCUT2D eigenvalue weighted by molar-refractivity contribution is 6.65. The summed E-state index contributed by atoms with van der Waals surface area (Å²) in [6.45, 7) is 2.97. The van der Waals surface area contributed by atoms with Crippen LogP contribution in [0.15, 0.2) is 24.3 Å². The van der Waals surface area contributed by atoms with Crippen molar-refractivity contribution in [3.8, 4) is 5.75 Å². The molecule has 6 heteroatoms. The molecule has 1 aromatic carbocycles. The maximum Gasteiger partial charge on any atom is 0.273 e. The highest BCUT2D eigenvalue weighted by Gasteiger charge is 2.28. The molecular formula is C10H10ClNO4. The van der Waals surface area contributed by atoms with E-state index in [1.54, 1.807) is 0 Å². The summed E-state index contributed by atoms with van der Waals surface area (Å²) < 4.78 is 5.27. The number of nitrogens with zero attached hydrogens (tertiary/aromatic N) is 1. The van der Waals surface area contributed by atoms with Crippen LogP contribution in [-0.4, -0.2) is 15.8 Å². The fourth-order valence-electron chi connectivity index (χ4n) is 0.995. The Balaban J connectivity index is 2.94. The Morgan fingerprint density at radius 3 is 2.62 bits per heavy atom. The molecule has 0 saturated heterocycles. The standard InChI is InChI=1S/C10H10ClNO4/c1-10(2,9(11)13)16-8-5-3-4-7(6-8)12(14)15/h3-6H,1-2H3. The summed E-state index contributed by atoms with van der Waals surface area (Å²) in [6, 6.07) is 5.57. The second-order valence-electron chi connectivity index (χ2n) is 3.64. The molecule has 0 saturated carbocycles. The molecule has 0 radical (unpaired) electrons. The first kappa shape index (κ1) is 12.4. The van der Waals surface area contributed by atoms with Crippen LogP contribution in [0.1, 0.15) is 13.8 Å². The van der Waals surface area contributed by atoms with Gasteiger partial charge in [0.25, 0.3) is 10.9 Å². The van der Waals surface area contributed by atoms with Gasteiger partial charge in [-0.15, -0.1) is 0 Å². The van der Waals surface area contributed by atoms with Crippen LogP contribution in [0.25, 0.3) is 0 Å². The summed E-state index contributed by atoms with van der Waals surface area (Å²) in [6.07, 6.45) is 0. The van der Waals surface area contributed by atoms with Crippen LogP contribution >= 0.6 is 11.6 Å². The zero-order valence-electron chi connectivity index (χ0n) is 8.77. The SMILES string of the molecule is CC(C)(Oc1cccc([N+](=O)[O-])c1)C(=O)Cl. The van der Waals surface area contributed by atoms with Crippen LogP contribution < -0.4 is 4.74 Å². The number of halogens is 1. The van der Waals surface area contributed by atoms with E-state index in [-0.39, 0.29) is 11.4 Å². The number of nitro benzene ring substituents is 1. The number of rotatable bonds is 4. The molecule has 86 valence electrons. The van der Waals surface area contributed by atoms with Crippen LogP contribution in [0, 0.1) is 10.1 Å². The van der Waals surface area contributed by atoms with Crippen LogP contribution in [0.2, 0.25) is 0 Å². The molecular weight excluding hydrogens is 234 g/mol. The van der Waals surface area contributed by atoms with E-state index >= 15 is 0 Å². The topological polar surface area (TPSA) is 69.4 Å². The first-order valence-corrected chi connectivity index (χ1v) is 4.84. The minimum absolute atomic E-state index is 0.102. The van der Waals surface area contributed by atoms with Gasteiger partial charge in [0.1, 0.15) is 5.75 Å². The molecule has 0 atom stereocenters. The normalized spacial score (nSPS) is 10.9. The van der Waals surface area contributed by atoms with Crippen molar-refractivity contribution in [3.63, 3.8) is 0 Å². The number of carbonyl (C=O) groups is 1. The summed E-state index contributed by atoms with van der Waals surface area (Å²) >= 11 is 5.32. The Bertz CT molecular complexity index is 431. The van der Waals surface area contributed by atoms with Crippen molar-refractivity contribution >= 4 is 22.5 Å². The lowest BCUT2D eigenvalue weighted by atomic mass is 10.1. The number of hydrogen-bond donors (Lipinski definition) is 0. The van der Waals surface area contributed by atoms with E-state index in [0.717, 1.165) is 0 Å². The van der Waals surface area contributed by atoms with Crippen molar-refractivity contribution in [3.05, 3.63) is 34.4 Å². The zero-order chi connectivity index (χ0) is 12.3. The summed E-state index contributed by atoms with van der Waals surface area (Å²) in [5.74, 6) is 0.230. The lowest BCUT2D eigenvalue weighted by molar-refractivity contribution is -0.385. The Kier molecular flexibility index (Phi) is 3.49. The quantitative estimate of drug-likeness (QED) is 0.463. The molecule has 1 aromatic rings. The second kappa shape index (κ2) is 4.49. The van der Waals surface area contributed by atoms with Gasteiger partial charge in [-0.25, -0.2) is 0 Å². The third-order valence-electron chi connectivity index (χ3n) is 1.87. The average molecular weight is 244 g/mol. The molecule has 0 heterocycles.